The molecule has 0 fully saturated rings. The van der Waals surface area contributed by atoms with Crippen molar-refractivity contribution in [2.45, 2.75) is 16.7 Å². The van der Waals surface area contributed by atoms with Gasteiger partial charge in [0.25, 0.3) is 5.91 Å². The molecule has 2 rings (SSSR count). The van der Waals surface area contributed by atoms with Crippen molar-refractivity contribution in [1.82, 2.24) is 0 Å². The van der Waals surface area contributed by atoms with Gasteiger partial charge in [-0.05, 0) is 31.2 Å². The van der Waals surface area contributed by atoms with Crippen LogP contribution < -0.4 is 5.73 Å². The van der Waals surface area contributed by atoms with Gasteiger partial charge < -0.3 is 5.73 Å². The molecule has 0 saturated carbocycles. The Morgan fingerprint density at radius 3 is 1.58 bits per heavy atom. The van der Waals surface area contributed by atoms with Gasteiger partial charge in [-0.3, -0.25) is 9.00 Å². The van der Waals surface area contributed by atoms with Crippen LogP contribution in [0.4, 0.5) is 0 Å². The Labute approximate surface area is 113 Å². The fourth-order valence-electron chi connectivity index (χ4n) is 1.86. The molecule has 0 unspecified atom stereocenters. The molecule has 2 aromatic rings. The molecule has 3 nitrogen and oxygen atoms in total. The quantitative estimate of drug-likeness (QED) is 0.870. The van der Waals surface area contributed by atoms with Gasteiger partial charge in [0.15, 0.2) is 0 Å². The second kappa shape index (κ2) is 5.28. The van der Waals surface area contributed by atoms with E-state index in [1.165, 1.54) is 6.92 Å². The highest BCUT2D eigenvalue weighted by molar-refractivity contribution is 8.03. The van der Waals surface area contributed by atoms with Crippen molar-refractivity contribution < 1.29 is 9.00 Å². The fourth-order valence-corrected chi connectivity index (χ4v) is 4.20. The highest BCUT2D eigenvalue weighted by Crippen LogP contribution is 2.23. The van der Waals surface area contributed by atoms with Crippen molar-refractivity contribution in [3.05, 3.63) is 60.7 Å². The van der Waals surface area contributed by atoms with Crippen LogP contribution in [-0.2, 0) is 14.3 Å². The van der Waals surface area contributed by atoms with Gasteiger partial charge in [-0.2, -0.15) is 0 Å². The van der Waals surface area contributed by atoms with Crippen molar-refractivity contribution in [2.24, 2.45) is 5.73 Å². The Morgan fingerprint density at radius 1 is 0.895 bits per heavy atom. The predicted molar refractivity (Wildman–Crippen MR) is 77.4 cm³/mol. The lowest BCUT2D eigenvalue weighted by molar-refractivity contribution is -0.111. The topological polar surface area (TPSA) is 60.2 Å². The molecule has 0 atom stereocenters. The Kier molecular flexibility index (Phi) is 3.71. The summed E-state index contributed by atoms with van der Waals surface area (Å²) < 4.78 is 13.4. The lowest BCUT2D eigenvalue weighted by Gasteiger charge is -2.14. The van der Waals surface area contributed by atoms with Crippen LogP contribution in [0.3, 0.4) is 0 Å². The van der Waals surface area contributed by atoms with Gasteiger partial charge in [0.1, 0.15) is 0 Å². The van der Waals surface area contributed by atoms with Crippen LogP contribution in [0.15, 0.2) is 70.5 Å². The number of carbonyl (C=O) groups is 1. The predicted octanol–water partition coefficient (Wildman–Crippen LogP) is 2.07. The third-order valence-corrected chi connectivity index (χ3v) is 5.86. The molecule has 98 valence electrons. The highest BCUT2D eigenvalue weighted by atomic mass is 32.2. The number of nitrogens with two attached hydrogens (primary N) is 1. The van der Waals surface area contributed by atoms with Crippen molar-refractivity contribution in [1.29, 1.82) is 0 Å². The zero-order valence-electron chi connectivity index (χ0n) is 10.6. The van der Waals surface area contributed by atoms with Crippen LogP contribution >= 0.6 is 0 Å². The molecule has 0 spiro atoms. The second-order valence-electron chi connectivity index (χ2n) is 4.10. The van der Waals surface area contributed by atoms with Crippen molar-refractivity contribution in [3.63, 3.8) is 0 Å². The maximum atomic E-state index is 13.4. The summed E-state index contributed by atoms with van der Waals surface area (Å²) in [5.41, 5.74) is 5.34. The summed E-state index contributed by atoms with van der Waals surface area (Å²) in [4.78, 5) is 12.9. The number of primary amides is 1. The van der Waals surface area contributed by atoms with E-state index in [4.69, 9.17) is 5.73 Å². The first kappa shape index (κ1) is 13.4. The Hall–Kier alpha value is -2.07. The van der Waals surface area contributed by atoms with Gasteiger partial charge in [0.05, 0.1) is 4.86 Å². The van der Waals surface area contributed by atoms with E-state index in [1.54, 1.807) is 48.5 Å². The van der Waals surface area contributed by atoms with Crippen LogP contribution in [-0.4, -0.2) is 15.0 Å². The zero-order valence-corrected chi connectivity index (χ0v) is 11.4. The molecule has 0 aliphatic heterocycles. The highest BCUT2D eigenvalue weighted by Gasteiger charge is 2.20. The smallest absolute Gasteiger partial charge is 0.253 e. The number of hydrogen-bond donors (Lipinski definition) is 1. The first-order chi connectivity index (χ1) is 9.06. The molecule has 0 radical (unpaired) electrons. The number of rotatable bonds is 3. The molecular formula is C15H15NO2S. The van der Waals surface area contributed by atoms with E-state index in [2.05, 4.69) is 0 Å². The van der Waals surface area contributed by atoms with Crippen LogP contribution in [0.2, 0.25) is 0 Å². The van der Waals surface area contributed by atoms with E-state index >= 15 is 0 Å². The van der Waals surface area contributed by atoms with Crippen molar-refractivity contribution in [2.75, 3.05) is 0 Å². The van der Waals surface area contributed by atoms with E-state index in [0.29, 0.717) is 9.79 Å². The lowest BCUT2D eigenvalue weighted by atomic mass is 10.4. The molecule has 2 aromatic carbocycles. The normalized spacial score (nSPS) is 11.0. The van der Waals surface area contributed by atoms with E-state index in [-0.39, 0.29) is 4.86 Å². The summed E-state index contributed by atoms with van der Waals surface area (Å²) in [7, 11) is -2.78. The summed E-state index contributed by atoms with van der Waals surface area (Å²) in [6.07, 6.45) is 0. The van der Waals surface area contributed by atoms with Crippen LogP contribution in [0.5, 0.6) is 0 Å². The molecule has 0 aromatic heterocycles. The van der Waals surface area contributed by atoms with Gasteiger partial charge in [0, 0.05) is 19.3 Å². The van der Waals surface area contributed by atoms with Gasteiger partial charge in [-0.15, -0.1) is 0 Å². The minimum absolute atomic E-state index is 0.171. The average Bonchev–Trinajstić information content (AvgIpc) is 2.47. The number of benzene rings is 2. The monoisotopic (exact) mass is 273 g/mol. The van der Waals surface area contributed by atoms with E-state index in [0.717, 1.165) is 0 Å². The maximum absolute atomic E-state index is 13.4. The van der Waals surface area contributed by atoms with Crippen LogP contribution in [0.25, 0.3) is 0 Å². The largest absolute Gasteiger partial charge is 0.365 e. The molecule has 1 amide bonds. The number of hydrogen-bond acceptors (Lipinski definition) is 2. The van der Waals surface area contributed by atoms with E-state index < -0.39 is 15.4 Å². The van der Waals surface area contributed by atoms with Crippen molar-refractivity contribution in [3.8, 4) is 0 Å². The molecule has 0 bridgehead atoms. The Balaban J connectivity index is 2.85. The summed E-state index contributed by atoms with van der Waals surface area (Å²) in [6.45, 7) is 1.53. The minimum Gasteiger partial charge on any atom is -0.365 e. The van der Waals surface area contributed by atoms with Gasteiger partial charge in [-0.25, -0.2) is 0 Å². The summed E-state index contributed by atoms with van der Waals surface area (Å²) in [5.74, 6) is -0.641. The molecular weight excluding hydrogens is 258 g/mol. The van der Waals surface area contributed by atoms with Gasteiger partial charge in [-0.1, -0.05) is 36.4 Å². The molecule has 0 saturated heterocycles. The molecule has 19 heavy (non-hydrogen) atoms. The van der Waals surface area contributed by atoms with Crippen LogP contribution in [0.1, 0.15) is 6.92 Å². The molecule has 0 heterocycles. The lowest BCUT2D eigenvalue weighted by Crippen LogP contribution is -2.27. The summed E-state index contributed by atoms with van der Waals surface area (Å²) in [6, 6.07) is 17.9. The third-order valence-electron chi connectivity index (χ3n) is 2.93. The van der Waals surface area contributed by atoms with Crippen molar-refractivity contribution >= 4 is 20.3 Å². The molecule has 4 heteroatoms. The van der Waals surface area contributed by atoms with E-state index in [9.17, 15) is 9.00 Å². The Morgan fingerprint density at radius 2 is 1.26 bits per heavy atom. The molecule has 2 N–H and O–H groups in total. The summed E-state index contributed by atoms with van der Waals surface area (Å²) in [5, 5.41) is 0. The Bertz CT molecular complexity index is 654. The first-order valence-electron chi connectivity index (χ1n) is 5.84. The average molecular weight is 273 g/mol. The second-order valence-corrected chi connectivity index (χ2v) is 6.77. The van der Waals surface area contributed by atoms with Crippen LogP contribution in [0, 0.1) is 0 Å². The van der Waals surface area contributed by atoms with Gasteiger partial charge >= 0.3 is 0 Å². The number of amides is 1. The fraction of sp³-hybridized carbons (Fsp3) is 0.0667. The van der Waals surface area contributed by atoms with Gasteiger partial charge in [0.2, 0.25) is 0 Å². The SMILES string of the molecule is CC(C(N)=O)=S(=O)(c1ccccc1)c1ccccc1. The standard InChI is InChI=1S/C15H15NO2S/c1-12(15(16)17)19(18,13-8-4-2-5-9-13)14-10-6-3-7-11-14/h2-11H,1H3,(H2,16,17). The molecule has 0 aliphatic rings. The molecule has 0 aliphatic carbocycles. The number of carbonyl (C=O) groups excluding carboxylic acids is 1. The zero-order chi connectivity index (χ0) is 13.9. The minimum atomic E-state index is -2.78. The summed E-state index contributed by atoms with van der Waals surface area (Å²) >= 11 is 0. The first-order valence-corrected chi connectivity index (χ1v) is 7.40. The third kappa shape index (κ3) is 2.39. The maximum Gasteiger partial charge on any atom is 0.253 e. The van der Waals surface area contributed by atoms with E-state index in [1.807, 2.05) is 12.1 Å².